The zero-order valence-corrected chi connectivity index (χ0v) is 10.4. The lowest BCUT2D eigenvalue weighted by Gasteiger charge is -2.33. The average molecular weight is 228 g/mol. The van der Waals surface area contributed by atoms with E-state index in [2.05, 4.69) is 0 Å². The Hall–Kier alpha value is -0.610. The summed E-state index contributed by atoms with van der Waals surface area (Å²) in [6.45, 7) is 4.49. The monoisotopic (exact) mass is 228 g/mol. The number of piperidine rings is 1. The Morgan fingerprint density at radius 2 is 2.38 bits per heavy atom. The Labute approximate surface area is 98.1 Å². The third-order valence-electron chi connectivity index (χ3n) is 3.24. The maximum absolute atomic E-state index is 11.9. The number of hydrogen-bond donors (Lipinski definition) is 1. The first-order valence-corrected chi connectivity index (χ1v) is 6.19. The highest BCUT2D eigenvalue weighted by atomic mass is 16.5. The molecule has 0 spiro atoms. The van der Waals surface area contributed by atoms with Gasteiger partial charge in [0.1, 0.15) is 0 Å². The van der Waals surface area contributed by atoms with Gasteiger partial charge in [0, 0.05) is 32.7 Å². The second-order valence-electron chi connectivity index (χ2n) is 4.68. The Balaban J connectivity index is 2.37. The molecular weight excluding hydrogens is 204 g/mol. The normalized spacial score (nSPS) is 23.2. The summed E-state index contributed by atoms with van der Waals surface area (Å²) in [4.78, 5) is 13.9. The molecule has 1 aliphatic rings. The number of nitrogens with zero attached hydrogens (tertiary/aromatic N) is 1. The van der Waals surface area contributed by atoms with E-state index in [0.717, 1.165) is 39.0 Å². The third-order valence-corrected chi connectivity index (χ3v) is 3.24. The van der Waals surface area contributed by atoms with Gasteiger partial charge in [-0.2, -0.15) is 0 Å². The molecule has 1 fully saturated rings. The van der Waals surface area contributed by atoms with E-state index in [9.17, 15) is 4.79 Å². The van der Waals surface area contributed by atoms with Crippen LogP contribution in [0.25, 0.3) is 0 Å². The van der Waals surface area contributed by atoms with Crippen molar-refractivity contribution in [2.75, 3.05) is 26.8 Å². The lowest BCUT2D eigenvalue weighted by Crippen LogP contribution is -2.43. The van der Waals surface area contributed by atoms with E-state index in [4.69, 9.17) is 10.5 Å². The summed E-state index contributed by atoms with van der Waals surface area (Å²) in [5, 5.41) is 0. The summed E-state index contributed by atoms with van der Waals surface area (Å²) in [5.74, 6) is 0.704. The summed E-state index contributed by atoms with van der Waals surface area (Å²) in [7, 11) is 1.72. The molecule has 0 aromatic carbocycles. The minimum Gasteiger partial charge on any atom is -0.384 e. The predicted molar refractivity (Wildman–Crippen MR) is 64.1 cm³/mol. The maximum Gasteiger partial charge on any atom is 0.224 e. The van der Waals surface area contributed by atoms with Crippen molar-refractivity contribution in [1.29, 1.82) is 0 Å². The third kappa shape index (κ3) is 4.10. The van der Waals surface area contributed by atoms with E-state index in [1.54, 1.807) is 7.11 Å². The van der Waals surface area contributed by atoms with Crippen LogP contribution in [0.4, 0.5) is 0 Å². The lowest BCUT2D eigenvalue weighted by atomic mass is 9.98. The minimum absolute atomic E-state index is 0.00954. The van der Waals surface area contributed by atoms with Crippen LogP contribution in [0, 0.1) is 5.92 Å². The molecule has 1 aliphatic heterocycles. The Morgan fingerprint density at radius 1 is 1.62 bits per heavy atom. The highest BCUT2D eigenvalue weighted by Crippen LogP contribution is 2.17. The highest BCUT2D eigenvalue weighted by molar-refractivity contribution is 5.76. The van der Waals surface area contributed by atoms with Crippen LogP contribution in [0.15, 0.2) is 0 Å². The molecule has 1 saturated heterocycles. The SMILES string of the molecule is CCC(N)CC(=O)N1CCCC(COC)C1. The number of carbonyl (C=O) groups excluding carboxylic acids is 1. The highest BCUT2D eigenvalue weighted by Gasteiger charge is 2.24. The van der Waals surface area contributed by atoms with Crippen LogP contribution in [0.2, 0.25) is 0 Å². The molecule has 0 aliphatic carbocycles. The molecule has 2 atom stereocenters. The molecule has 1 rings (SSSR count). The summed E-state index contributed by atoms with van der Waals surface area (Å²) < 4.78 is 5.15. The topological polar surface area (TPSA) is 55.6 Å². The second-order valence-corrected chi connectivity index (χ2v) is 4.68. The number of likely N-dealkylation sites (tertiary alicyclic amines) is 1. The van der Waals surface area contributed by atoms with Gasteiger partial charge in [-0.25, -0.2) is 0 Å². The van der Waals surface area contributed by atoms with E-state index in [1.165, 1.54) is 0 Å². The van der Waals surface area contributed by atoms with E-state index >= 15 is 0 Å². The van der Waals surface area contributed by atoms with Crippen molar-refractivity contribution < 1.29 is 9.53 Å². The molecule has 0 saturated carbocycles. The molecule has 0 aromatic heterocycles. The standard InChI is InChI=1S/C12H24N2O2/c1-3-11(13)7-12(15)14-6-4-5-10(8-14)9-16-2/h10-11H,3-9,13H2,1-2H3. The first-order valence-electron chi connectivity index (χ1n) is 6.19. The van der Waals surface area contributed by atoms with Crippen LogP contribution in [0.3, 0.4) is 0 Å². The molecule has 4 heteroatoms. The van der Waals surface area contributed by atoms with Crippen LogP contribution >= 0.6 is 0 Å². The first-order chi connectivity index (χ1) is 7.67. The molecule has 0 bridgehead atoms. The van der Waals surface area contributed by atoms with Gasteiger partial charge in [0.25, 0.3) is 0 Å². The van der Waals surface area contributed by atoms with Crippen molar-refractivity contribution in [2.24, 2.45) is 11.7 Å². The van der Waals surface area contributed by atoms with Crippen LogP contribution in [0.5, 0.6) is 0 Å². The van der Waals surface area contributed by atoms with E-state index in [1.807, 2.05) is 11.8 Å². The van der Waals surface area contributed by atoms with Crippen LogP contribution in [0.1, 0.15) is 32.6 Å². The summed E-state index contributed by atoms with van der Waals surface area (Å²) >= 11 is 0. The number of hydrogen-bond acceptors (Lipinski definition) is 3. The van der Waals surface area contributed by atoms with E-state index in [-0.39, 0.29) is 11.9 Å². The Bertz CT molecular complexity index is 219. The molecule has 4 nitrogen and oxygen atoms in total. The summed E-state index contributed by atoms with van der Waals surface area (Å²) in [6, 6.07) is 0.00954. The van der Waals surface area contributed by atoms with Crippen LogP contribution < -0.4 is 5.73 Å². The van der Waals surface area contributed by atoms with Crippen molar-refractivity contribution in [3.8, 4) is 0 Å². The molecule has 0 aromatic rings. The smallest absolute Gasteiger partial charge is 0.224 e. The van der Waals surface area contributed by atoms with Gasteiger partial charge in [0.05, 0.1) is 6.61 Å². The second kappa shape index (κ2) is 6.86. The van der Waals surface area contributed by atoms with Crippen LogP contribution in [-0.4, -0.2) is 43.7 Å². The number of methoxy groups -OCH3 is 1. The molecule has 2 N–H and O–H groups in total. The van der Waals surface area contributed by atoms with Crippen molar-refractivity contribution >= 4 is 5.91 Å². The molecule has 1 amide bonds. The number of ether oxygens (including phenoxy) is 1. The van der Waals surface area contributed by atoms with E-state index in [0.29, 0.717) is 12.3 Å². The molecule has 16 heavy (non-hydrogen) atoms. The fourth-order valence-electron chi connectivity index (χ4n) is 2.16. The largest absolute Gasteiger partial charge is 0.384 e. The van der Waals surface area contributed by atoms with Gasteiger partial charge in [0.15, 0.2) is 0 Å². The summed E-state index contributed by atoms with van der Waals surface area (Å²) in [5.41, 5.74) is 5.80. The average Bonchev–Trinajstić information content (AvgIpc) is 2.29. The molecule has 0 radical (unpaired) electrons. The molecular formula is C12H24N2O2. The first kappa shape index (κ1) is 13.5. The fraction of sp³-hybridized carbons (Fsp3) is 0.917. The van der Waals surface area contributed by atoms with Gasteiger partial charge in [0.2, 0.25) is 5.91 Å². The van der Waals surface area contributed by atoms with Crippen molar-refractivity contribution in [2.45, 2.75) is 38.6 Å². The number of carbonyl (C=O) groups is 1. The number of amides is 1. The van der Waals surface area contributed by atoms with Gasteiger partial charge in [-0.1, -0.05) is 6.92 Å². The maximum atomic E-state index is 11.9. The molecule has 1 heterocycles. The minimum atomic E-state index is 0.00954. The number of nitrogens with two attached hydrogens (primary N) is 1. The van der Waals surface area contributed by atoms with Gasteiger partial charge in [-0.05, 0) is 25.2 Å². The fourth-order valence-corrected chi connectivity index (χ4v) is 2.16. The van der Waals surface area contributed by atoms with Gasteiger partial charge >= 0.3 is 0 Å². The summed E-state index contributed by atoms with van der Waals surface area (Å²) in [6.07, 6.45) is 3.59. The molecule has 94 valence electrons. The molecule has 2 unspecified atom stereocenters. The van der Waals surface area contributed by atoms with Crippen molar-refractivity contribution in [1.82, 2.24) is 4.90 Å². The van der Waals surface area contributed by atoms with Gasteiger partial charge < -0.3 is 15.4 Å². The zero-order valence-electron chi connectivity index (χ0n) is 10.4. The predicted octanol–water partition coefficient (Wildman–Crippen LogP) is 0.999. The Morgan fingerprint density at radius 3 is 3.00 bits per heavy atom. The van der Waals surface area contributed by atoms with Crippen LogP contribution in [-0.2, 0) is 9.53 Å². The zero-order chi connectivity index (χ0) is 12.0. The quantitative estimate of drug-likeness (QED) is 0.763. The Kier molecular flexibility index (Phi) is 5.77. The van der Waals surface area contributed by atoms with Crippen molar-refractivity contribution in [3.63, 3.8) is 0 Å². The van der Waals surface area contributed by atoms with E-state index < -0.39 is 0 Å². The van der Waals surface area contributed by atoms with Gasteiger partial charge in [-0.15, -0.1) is 0 Å². The lowest BCUT2D eigenvalue weighted by molar-refractivity contribution is -0.133. The van der Waals surface area contributed by atoms with Crippen molar-refractivity contribution in [3.05, 3.63) is 0 Å². The number of rotatable bonds is 5. The van der Waals surface area contributed by atoms with Gasteiger partial charge in [-0.3, -0.25) is 4.79 Å².